The summed E-state index contributed by atoms with van der Waals surface area (Å²) in [6.07, 6.45) is 1.74. The van der Waals surface area contributed by atoms with E-state index in [1.807, 2.05) is 12.1 Å². The first-order valence-electron chi connectivity index (χ1n) is 11.8. The Kier molecular flexibility index (Phi) is 7.37. The van der Waals surface area contributed by atoms with E-state index in [-0.39, 0.29) is 11.7 Å². The molecule has 186 valence electrons. The van der Waals surface area contributed by atoms with Crippen molar-refractivity contribution in [2.24, 2.45) is 5.92 Å². The standard InChI is InChI=1S/C26H31FN4O3S/c1-18-12-14-30(15-13-18)35(33,34)25-19(2)29-31(20(25)3)17-22-4-8-23(9-5-22)26(32)28-16-21-6-10-24(27)11-7-21/h4-11,18H,12-17H2,1-3H3,(H,28,32). The van der Waals surface area contributed by atoms with Gasteiger partial charge in [0.1, 0.15) is 10.7 Å². The molecule has 1 aliphatic rings. The third kappa shape index (κ3) is 5.62. The minimum Gasteiger partial charge on any atom is -0.348 e. The predicted octanol–water partition coefficient (Wildman–Crippen LogP) is 4.04. The monoisotopic (exact) mass is 498 g/mol. The van der Waals surface area contributed by atoms with E-state index in [1.54, 1.807) is 47.1 Å². The van der Waals surface area contributed by atoms with Gasteiger partial charge in [0, 0.05) is 25.2 Å². The van der Waals surface area contributed by atoms with Crippen molar-refractivity contribution in [3.8, 4) is 0 Å². The molecule has 7 nitrogen and oxygen atoms in total. The van der Waals surface area contributed by atoms with Crippen LogP contribution < -0.4 is 5.32 Å². The summed E-state index contributed by atoms with van der Waals surface area (Å²) >= 11 is 0. The second-order valence-electron chi connectivity index (χ2n) is 9.25. The number of amides is 1. The number of nitrogens with zero attached hydrogens (tertiary/aromatic N) is 3. The Balaban J connectivity index is 1.43. The van der Waals surface area contributed by atoms with Gasteiger partial charge in [0.15, 0.2) is 0 Å². The highest BCUT2D eigenvalue weighted by molar-refractivity contribution is 7.89. The minimum absolute atomic E-state index is 0.226. The Labute approximate surface area is 206 Å². The van der Waals surface area contributed by atoms with Gasteiger partial charge in [-0.25, -0.2) is 12.8 Å². The lowest BCUT2D eigenvalue weighted by molar-refractivity contribution is 0.0951. The fourth-order valence-corrected chi connectivity index (χ4v) is 6.23. The lowest BCUT2D eigenvalue weighted by atomic mass is 10.0. The van der Waals surface area contributed by atoms with E-state index < -0.39 is 10.0 Å². The molecule has 0 saturated carbocycles. The highest BCUT2D eigenvalue weighted by atomic mass is 32.2. The highest BCUT2D eigenvalue weighted by Crippen LogP contribution is 2.28. The molecule has 0 atom stereocenters. The third-order valence-electron chi connectivity index (χ3n) is 6.57. The molecule has 4 rings (SSSR count). The summed E-state index contributed by atoms with van der Waals surface area (Å²) in [6.45, 7) is 7.46. The largest absolute Gasteiger partial charge is 0.348 e. The Bertz CT molecular complexity index is 1290. The van der Waals surface area contributed by atoms with Crippen molar-refractivity contribution < 1.29 is 17.6 Å². The number of sulfonamides is 1. The zero-order valence-corrected chi connectivity index (χ0v) is 21.1. The molecule has 1 aliphatic heterocycles. The number of carbonyl (C=O) groups is 1. The minimum atomic E-state index is -3.59. The smallest absolute Gasteiger partial charge is 0.251 e. The maximum absolute atomic E-state index is 13.3. The summed E-state index contributed by atoms with van der Waals surface area (Å²) in [5, 5.41) is 7.34. The Morgan fingerprint density at radius 1 is 1.03 bits per heavy atom. The highest BCUT2D eigenvalue weighted by Gasteiger charge is 2.33. The van der Waals surface area contributed by atoms with Crippen LogP contribution in [0.1, 0.15) is 52.6 Å². The first kappa shape index (κ1) is 25.1. The summed E-state index contributed by atoms with van der Waals surface area (Å²) in [4.78, 5) is 12.8. The topological polar surface area (TPSA) is 84.3 Å². The van der Waals surface area contributed by atoms with Crippen LogP contribution in [-0.2, 0) is 23.1 Å². The molecule has 1 amide bonds. The van der Waals surface area contributed by atoms with E-state index in [0.717, 1.165) is 24.0 Å². The zero-order valence-electron chi connectivity index (χ0n) is 20.3. The number of carbonyl (C=O) groups excluding carboxylic acids is 1. The van der Waals surface area contributed by atoms with Crippen molar-refractivity contribution in [1.82, 2.24) is 19.4 Å². The van der Waals surface area contributed by atoms with Crippen LogP contribution in [0, 0.1) is 25.6 Å². The van der Waals surface area contributed by atoms with Gasteiger partial charge in [-0.1, -0.05) is 31.2 Å². The molecule has 0 aliphatic carbocycles. The van der Waals surface area contributed by atoms with E-state index in [1.165, 1.54) is 12.1 Å². The summed E-state index contributed by atoms with van der Waals surface area (Å²) in [6, 6.07) is 13.1. The number of piperidine rings is 1. The molecule has 9 heteroatoms. The molecule has 0 unspecified atom stereocenters. The van der Waals surface area contributed by atoms with Crippen LogP contribution in [0.25, 0.3) is 0 Å². The first-order valence-corrected chi connectivity index (χ1v) is 13.2. The fraction of sp³-hybridized carbons (Fsp3) is 0.385. The second-order valence-corrected chi connectivity index (χ2v) is 11.1. The molecule has 1 aromatic heterocycles. The molecule has 3 aromatic rings. The van der Waals surface area contributed by atoms with Crippen LogP contribution in [0.5, 0.6) is 0 Å². The lowest BCUT2D eigenvalue weighted by Gasteiger charge is -2.29. The lowest BCUT2D eigenvalue weighted by Crippen LogP contribution is -2.38. The number of rotatable bonds is 7. The van der Waals surface area contributed by atoms with Crippen LogP contribution in [0.3, 0.4) is 0 Å². The summed E-state index contributed by atoms with van der Waals surface area (Å²) < 4.78 is 42.9. The number of benzene rings is 2. The van der Waals surface area contributed by atoms with Crippen molar-refractivity contribution in [2.75, 3.05) is 13.1 Å². The van der Waals surface area contributed by atoms with Gasteiger partial charge in [0.2, 0.25) is 10.0 Å². The van der Waals surface area contributed by atoms with Gasteiger partial charge in [-0.15, -0.1) is 0 Å². The number of halogens is 1. The Morgan fingerprint density at radius 3 is 2.26 bits per heavy atom. The van der Waals surface area contributed by atoms with Crippen molar-refractivity contribution in [2.45, 2.75) is 51.6 Å². The molecule has 2 heterocycles. The molecule has 2 aromatic carbocycles. The van der Waals surface area contributed by atoms with Crippen LogP contribution in [0.4, 0.5) is 4.39 Å². The average Bonchev–Trinajstić information content (AvgIpc) is 3.12. The van der Waals surface area contributed by atoms with E-state index in [4.69, 9.17) is 0 Å². The van der Waals surface area contributed by atoms with Gasteiger partial charge in [0.05, 0.1) is 17.9 Å². The van der Waals surface area contributed by atoms with Crippen LogP contribution in [-0.4, -0.2) is 41.5 Å². The Morgan fingerprint density at radius 2 is 1.63 bits per heavy atom. The molecule has 1 N–H and O–H groups in total. The van der Waals surface area contributed by atoms with Gasteiger partial charge in [-0.2, -0.15) is 9.40 Å². The number of nitrogens with one attached hydrogen (secondary N) is 1. The molecular formula is C26H31FN4O3S. The van der Waals surface area contributed by atoms with E-state index in [2.05, 4.69) is 17.3 Å². The average molecular weight is 499 g/mol. The third-order valence-corrected chi connectivity index (χ3v) is 8.72. The van der Waals surface area contributed by atoms with Crippen LogP contribution in [0.15, 0.2) is 53.4 Å². The predicted molar refractivity (Wildman–Crippen MR) is 132 cm³/mol. The number of hydrogen-bond donors (Lipinski definition) is 1. The number of hydrogen-bond acceptors (Lipinski definition) is 4. The molecule has 0 spiro atoms. The SMILES string of the molecule is Cc1nn(Cc2ccc(C(=O)NCc3ccc(F)cc3)cc2)c(C)c1S(=O)(=O)N1CCC(C)CC1. The van der Waals surface area contributed by atoms with E-state index in [0.29, 0.717) is 53.9 Å². The van der Waals surface area contributed by atoms with Crippen molar-refractivity contribution in [3.05, 3.63) is 82.4 Å². The number of aryl methyl sites for hydroxylation is 1. The molecule has 1 fully saturated rings. The molecule has 35 heavy (non-hydrogen) atoms. The maximum Gasteiger partial charge on any atom is 0.251 e. The summed E-state index contributed by atoms with van der Waals surface area (Å²) in [7, 11) is -3.59. The van der Waals surface area contributed by atoms with Crippen molar-refractivity contribution in [3.63, 3.8) is 0 Å². The maximum atomic E-state index is 13.3. The first-order chi connectivity index (χ1) is 16.6. The molecule has 0 radical (unpaired) electrons. The quantitative estimate of drug-likeness (QED) is 0.533. The van der Waals surface area contributed by atoms with E-state index >= 15 is 0 Å². The molecule has 0 bridgehead atoms. The van der Waals surface area contributed by atoms with Crippen LogP contribution >= 0.6 is 0 Å². The van der Waals surface area contributed by atoms with Gasteiger partial charge in [-0.05, 0) is 68.0 Å². The van der Waals surface area contributed by atoms with Crippen LogP contribution in [0.2, 0.25) is 0 Å². The summed E-state index contributed by atoms with van der Waals surface area (Å²) in [5.41, 5.74) is 3.33. The molecule has 1 saturated heterocycles. The van der Waals surface area contributed by atoms with Crippen molar-refractivity contribution in [1.29, 1.82) is 0 Å². The van der Waals surface area contributed by atoms with Gasteiger partial charge < -0.3 is 5.32 Å². The second kappa shape index (κ2) is 10.3. The van der Waals surface area contributed by atoms with Gasteiger partial charge in [0.25, 0.3) is 5.91 Å². The molecular weight excluding hydrogens is 467 g/mol. The Hall–Kier alpha value is -3.04. The summed E-state index contributed by atoms with van der Waals surface area (Å²) in [5.74, 6) is -0.000298. The van der Waals surface area contributed by atoms with Crippen molar-refractivity contribution >= 4 is 15.9 Å². The van der Waals surface area contributed by atoms with Gasteiger partial charge >= 0.3 is 0 Å². The fourth-order valence-electron chi connectivity index (χ4n) is 4.38. The normalized spacial score (nSPS) is 15.3. The number of aromatic nitrogens is 2. The van der Waals surface area contributed by atoms with E-state index in [9.17, 15) is 17.6 Å². The van der Waals surface area contributed by atoms with Gasteiger partial charge in [-0.3, -0.25) is 9.48 Å². The zero-order chi connectivity index (χ0) is 25.2.